The Bertz CT molecular complexity index is 585. The number of imidazole rings is 1. The molecule has 0 spiro atoms. The van der Waals surface area contributed by atoms with Crippen molar-refractivity contribution < 1.29 is 19.2 Å². The van der Waals surface area contributed by atoms with Gasteiger partial charge in [0.25, 0.3) is 5.89 Å². The number of aromatic amines is 1. The van der Waals surface area contributed by atoms with Crippen LogP contribution in [0.2, 0.25) is 0 Å². The molecule has 0 aliphatic rings. The summed E-state index contributed by atoms with van der Waals surface area (Å²) < 4.78 is 10.4. The lowest BCUT2D eigenvalue weighted by Crippen LogP contribution is -2.24. The van der Waals surface area contributed by atoms with Gasteiger partial charge in [-0.15, -0.1) is 0 Å². The molecule has 0 saturated heterocycles. The smallest absolute Gasteiger partial charge is 0.356 e. The number of ether oxygens (including phenoxy) is 1. The maximum Gasteiger partial charge on any atom is 0.356 e. The van der Waals surface area contributed by atoms with E-state index in [9.17, 15) is 4.79 Å². The number of methoxy groups -OCH3 is 1. The molecule has 1 unspecified atom stereocenters. The lowest BCUT2D eigenvalue weighted by Gasteiger charge is -2.21. The van der Waals surface area contributed by atoms with Gasteiger partial charge < -0.3 is 19.4 Å². The number of H-pyrrole nitrogens is 1. The van der Waals surface area contributed by atoms with Gasteiger partial charge in [0, 0.05) is 7.11 Å². The molecule has 0 amide bonds. The third-order valence-electron chi connectivity index (χ3n) is 3.08. The summed E-state index contributed by atoms with van der Waals surface area (Å²) in [6, 6.07) is 0. The fourth-order valence-corrected chi connectivity index (χ4v) is 1.55. The van der Waals surface area contributed by atoms with Gasteiger partial charge in [-0.1, -0.05) is 12.1 Å². The summed E-state index contributed by atoms with van der Waals surface area (Å²) in [5.41, 5.74) is -0.655. The molecular weight excluding hydrogens is 252 g/mol. The average Bonchev–Trinajstić information content (AvgIpc) is 3.05. The van der Waals surface area contributed by atoms with Crippen LogP contribution in [0, 0.1) is 0 Å². The van der Waals surface area contributed by atoms with Crippen LogP contribution in [-0.2, 0) is 10.3 Å². The number of nitrogens with one attached hydrogen (secondary N) is 1. The number of hydrogen-bond acceptors (Lipinski definition) is 6. The maximum absolute atomic E-state index is 11.0. The first kappa shape index (κ1) is 13.2. The highest BCUT2D eigenvalue weighted by Crippen LogP contribution is 2.28. The summed E-state index contributed by atoms with van der Waals surface area (Å²) in [5.74, 6) is -0.735. The second-order valence-corrected chi connectivity index (χ2v) is 4.14. The van der Waals surface area contributed by atoms with Crippen LogP contribution in [0.4, 0.5) is 0 Å². The van der Waals surface area contributed by atoms with Gasteiger partial charge in [-0.2, -0.15) is 4.98 Å². The van der Waals surface area contributed by atoms with Gasteiger partial charge in [0.05, 0.1) is 6.33 Å². The number of carboxylic acid groups (broad SMARTS) is 1. The second kappa shape index (κ2) is 4.81. The number of aromatic carboxylic acids is 1. The second-order valence-electron chi connectivity index (χ2n) is 4.14. The van der Waals surface area contributed by atoms with E-state index in [0.29, 0.717) is 12.2 Å². The fourth-order valence-electron chi connectivity index (χ4n) is 1.55. The molecule has 2 heterocycles. The van der Waals surface area contributed by atoms with Gasteiger partial charge >= 0.3 is 5.97 Å². The Kier molecular flexibility index (Phi) is 3.34. The minimum absolute atomic E-state index is 0.0709. The zero-order valence-corrected chi connectivity index (χ0v) is 10.8. The highest BCUT2D eigenvalue weighted by Gasteiger charge is 2.31. The molecule has 0 bridgehead atoms. The van der Waals surface area contributed by atoms with Crippen molar-refractivity contribution in [3.05, 3.63) is 17.8 Å². The SMILES string of the molecule is CCC(C)(OC)c1noc(-c2[nH]cnc2C(=O)O)n1. The van der Waals surface area contributed by atoms with Crippen LogP contribution >= 0.6 is 0 Å². The van der Waals surface area contributed by atoms with E-state index in [2.05, 4.69) is 20.1 Å². The molecule has 0 saturated carbocycles. The van der Waals surface area contributed by atoms with E-state index >= 15 is 0 Å². The Morgan fingerprint density at radius 1 is 1.63 bits per heavy atom. The van der Waals surface area contributed by atoms with Crippen molar-refractivity contribution in [2.75, 3.05) is 7.11 Å². The van der Waals surface area contributed by atoms with Gasteiger partial charge in [0.15, 0.2) is 5.69 Å². The van der Waals surface area contributed by atoms with E-state index in [0.717, 1.165) is 0 Å². The molecule has 8 heteroatoms. The molecule has 0 radical (unpaired) electrons. The molecule has 2 aromatic heterocycles. The van der Waals surface area contributed by atoms with Crippen molar-refractivity contribution in [1.29, 1.82) is 0 Å². The summed E-state index contributed by atoms with van der Waals surface area (Å²) >= 11 is 0. The van der Waals surface area contributed by atoms with Gasteiger partial charge in [-0.25, -0.2) is 9.78 Å². The Hall–Kier alpha value is -2.22. The average molecular weight is 266 g/mol. The van der Waals surface area contributed by atoms with Crippen molar-refractivity contribution in [1.82, 2.24) is 20.1 Å². The predicted octanol–water partition coefficient (Wildman–Crippen LogP) is 1.43. The number of hydrogen-bond donors (Lipinski definition) is 2. The standard InChI is InChI=1S/C11H14N4O4/c1-4-11(2,18-3)10-14-8(19-15-10)6-7(9(16)17)13-5-12-6/h5H,4H2,1-3H3,(H,12,13)(H,16,17). The van der Waals surface area contributed by atoms with Gasteiger partial charge in [0.1, 0.15) is 11.3 Å². The molecule has 0 aliphatic carbocycles. The third-order valence-corrected chi connectivity index (χ3v) is 3.08. The van der Waals surface area contributed by atoms with E-state index in [1.165, 1.54) is 6.33 Å². The molecule has 19 heavy (non-hydrogen) atoms. The van der Waals surface area contributed by atoms with Crippen LogP contribution in [0.25, 0.3) is 11.6 Å². The van der Waals surface area contributed by atoms with Gasteiger partial charge in [0.2, 0.25) is 5.82 Å². The van der Waals surface area contributed by atoms with Crippen molar-refractivity contribution in [2.24, 2.45) is 0 Å². The monoisotopic (exact) mass is 266 g/mol. The number of rotatable bonds is 5. The zero-order chi connectivity index (χ0) is 14.0. The molecule has 2 aromatic rings. The lowest BCUT2D eigenvalue weighted by atomic mass is 10.0. The van der Waals surface area contributed by atoms with Crippen molar-refractivity contribution >= 4 is 5.97 Å². The first-order valence-corrected chi connectivity index (χ1v) is 5.68. The summed E-state index contributed by atoms with van der Waals surface area (Å²) in [4.78, 5) is 21.5. The molecule has 102 valence electrons. The van der Waals surface area contributed by atoms with E-state index in [1.807, 2.05) is 13.8 Å². The van der Waals surface area contributed by atoms with Crippen LogP contribution in [0.5, 0.6) is 0 Å². The predicted molar refractivity (Wildman–Crippen MR) is 63.5 cm³/mol. The summed E-state index contributed by atoms with van der Waals surface area (Å²) in [6.07, 6.45) is 1.91. The maximum atomic E-state index is 11.0. The number of carboxylic acids is 1. The molecule has 2 rings (SSSR count). The number of nitrogens with zero attached hydrogens (tertiary/aromatic N) is 3. The normalized spacial score (nSPS) is 14.3. The molecule has 0 fully saturated rings. The van der Waals surface area contributed by atoms with Crippen molar-refractivity contribution in [2.45, 2.75) is 25.9 Å². The number of aromatic nitrogens is 4. The van der Waals surface area contributed by atoms with Crippen LogP contribution in [0.15, 0.2) is 10.9 Å². The molecule has 2 N–H and O–H groups in total. The minimum atomic E-state index is -1.17. The van der Waals surface area contributed by atoms with E-state index in [1.54, 1.807) is 7.11 Å². The van der Waals surface area contributed by atoms with Gasteiger partial charge in [-0.3, -0.25) is 0 Å². The summed E-state index contributed by atoms with van der Waals surface area (Å²) in [6.45, 7) is 3.76. The highest BCUT2D eigenvalue weighted by molar-refractivity contribution is 5.91. The van der Waals surface area contributed by atoms with Crippen LogP contribution in [0.3, 0.4) is 0 Å². The zero-order valence-electron chi connectivity index (χ0n) is 10.8. The lowest BCUT2D eigenvalue weighted by molar-refractivity contribution is -0.0106. The number of carbonyl (C=O) groups is 1. The Morgan fingerprint density at radius 2 is 2.37 bits per heavy atom. The molecular formula is C11H14N4O4. The van der Waals surface area contributed by atoms with Crippen molar-refractivity contribution in [3.63, 3.8) is 0 Å². The van der Waals surface area contributed by atoms with E-state index in [4.69, 9.17) is 14.4 Å². The Labute approximate surface area is 108 Å². The largest absolute Gasteiger partial charge is 0.476 e. The topological polar surface area (TPSA) is 114 Å². The first-order valence-electron chi connectivity index (χ1n) is 5.68. The van der Waals surface area contributed by atoms with Crippen LogP contribution < -0.4 is 0 Å². The van der Waals surface area contributed by atoms with Crippen LogP contribution in [0.1, 0.15) is 36.6 Å². The summed E-state index contributed by atoms with van der Waals surface area (Å²) in [7, 11) is 1.55. The van der Waals surface area contributed by atoms with E-state index < -0.39 is 11.6 Å². The first-order chi connectivity index (χ1) is 9.01. The van der Waals surface area contributed by atoms with Crippen LogP contribution in [-0.4, -0.2) is 38.3 Å². The van der Waals surface area contributed by atoms with Gasteiger partial charge in [-0.05, 0) is 13.3 Å². The summed E-state index contributed by atoms with van der Waals surface area (Å²) in [5, 5.41) is 12.8. The highest BCUT2D eigenvalue weighted by atomic mass is 16.5. The fraction of sp³-hybridized carbons (Fsp3) is 0.455. The van der Waals surface area contributed by atoms with Crippen molar-refractivity contribution in [3.8, 4) is 11.6 Å². The molecule has 0 aromatic carbocycles. The Balaban J connectivity index is 2.41. The quantitative estimate of drug-likeness (QED) is 0.841. The van der Waals surface area contributed by atoms with E-state index in [-0.39, 0.29) is 17.3 Å². The minimum Gasteiger partial charge on any atom is -0.476 e. The Morgan fingerprint density at radius 3 is 2.95 bits per heavy atom. The molecule has 0 aliphatic heterocycles. The molecule has 8 nitrogen and oxygen atoms in total. The third kappa shape index (κ3) is 2.22. The molecule has 1 atom stereocenters.